The summed E-state index contributed by atoms with van der Waals surface area (Å²) in [6.07, 6.45) is 6.80. The first-order valence-electron chi connectivity index (χ1n) is 6.67. The van der Waals surface area contributed by atoms with Crippen molar-refractivity contribution in [2.24, 2.45) is 0 Å². The van der Waals surface area contributed by atoms with Crippen LogP contribution >= 0.6 is 0 Å². The molecule has 0 saturated carbocycles. The number of nitrogens with zero attached hydrogens (tertiary/aromatic N) is 3. The maximum absolute atomic E-state index is 6.05. The zero-order chi connectivity index (χ0) is 12.5. The van der Waals surface area contributed by atoms with E-state index >= 15 is 0 Å². The summed E-state index contributed by atoms with van der Waals surface area (Å²) >= 11 is 0. The Morgan fingerprint density at radius 1 is 1.39 bits per heavy atom. The van der Waals surface area contributed by atoms with E-state index in [4.69, 9.17) is 5.73 Å². The monoisotopic (exact) mass is 244 g/mol. The molecule has 0 aromatic carbocycles. The van der Waals surface area contributed by atoms with Crippen LogP contribution in [0.2, 0.25) is 0 Å². The molecule has 1 fully saturated rings. The lowest BCUT2D eigenvalue weighted by molar-refractivity contribution is 0.182. The highest BCUT2D eigenvalue weighted by molar-refractivity contribution is 5.53. The number of fused-ring (bicyclic) bond motifs is 1. The second kappa shape index (κ2) is 4.61. The van der Waals surface area contributed by atoms with Crippen molar-refractivity contribution in [3.63, 3.8) is 0 Å². The van der Waals surface area contributed by atoms with E-state index in [0.717, 1.165) is 23.6 Å². The molecule has 1 unspecified atom stereocenters. The van der Waals surface area contributed by atoms with Gasteiger partial charge < -0.3 is 10.6 Å². The third-order valence-electron chi connectivity index (χ3n) is 3.99. The fourth-order valence-electron chi connectivity index (χ4n) is 2.90. The molecule has 1 aliphatic heterocycles. The molecule has 3 rings (SSSR count). The Balaban J connectivity index is 1.90. The van der Waals surface area contributed by atoms with E-state index in [0.29, 0.717) is 6.04 Å². The molecule has 0 spiro atoms. The summed E-state index contributed by atoms with van der Waals surface area (Å²) in [5.41, 5.74) is 7.14. The molecule has 4 heteroatoms. The number of piperidine rings is 1. The molecular weight excluding hydrogens is 224 g/mol. The molecule has 0 aliphatic carbocycles. The number of imidazole rings is 1. The van der Waals surface area contributed by atoms with Gasteiger partial charge in [-0.25, -0.2) is 4.98 Å². The number of nitrogen functional groups attached to an aromatic ring is 1. The minimum absolute atomic E-state index is 0.601. The van der Waals surface area contributed by atoms with Crippen LogP contribution in [0.1, 0.15) is 25.1 Å². The number of rotatable bonds is 2. The Hall–Kier alpha value is -1.55. The van der Waals surface area contributed by atoms with Crippen molar-refractivity contribution in [2.75, 3.05) is 19.3 Å². The molecule has 3 heterocycles. The lowest BCUT2D eigenvalue weighted by Crippen LogP contribution is -2.38. The van der Waals surface area contributed by atoms with Crippen LogP contribution in [-0.4, -0.2) is 33.9 Å². The highest BCUT2D eigenvalue weighted by Crippen LogP contribution is 2.20. The van der Waals surface area contributed by atoms with Gasteiger partial charge in [-0.2, -0.15) is 0 Å². The SMILES string of the molecule is CN1CCCCC1Cc1ncc2cccc(N)n12. The van der Waals surface area contributed by atoms with Gasteiger partial charge in [0.15, 0.2) is 0 Å². The second-order valence-corrected chi connectivity index (χ2v) is 5.22. The molecule has 18 heavy (non-hydrogen) atoms. The predicted molar refractivity (Wildman–Crippen MR) is 73.6 cm³/mol. The highest BCUT2D eigenvalue weighted by Gasteiger charge is 2.21. The summed E-state index contributed by atoms with van der Waals surface area (Å²) in [5.74, 6) is 1.86. The van der Waals surface area contributed by atoms with Gasteiger partial charge in [-0.1, -0.05) is 12.5 Å². The maximum Gasteiger partial charge on any atom is 0.116 e. The Morgan fingerprint density at radius 2 is 2.28 bits per heavy atom. The van der Waals surface area contributed by atoms with Crippen LogP contribution in [0.5, 0.6) is 0 Å². The topological polar surface area (TPSA) is 46.6 Å². The smallest absolute Gasteiger partial charge is 0.116 e. The molecule has 2 N–H and O–H groups in total. The Kier molecular flexibility index (Phi) is 2.96. The molecule has 1 saturated heterocycles. The summed E-state index contributed by atoms with van der Waals surface area (Å²) in [5, 5.41) is 0. The third-order valence-corrected chi connectivity index (χ3v) is 3.99. The van der Waals surface area contributed by atoms with Crippen LogP contribution in [0.4, 0.5) is 5.82 Å². The van der Waals surface area contributed by atoms with Crippen LogP contribution < -0.4 is 5.73 Å². The number of aromatic nitrogens is 2. The van der Waals surface area contributed by atoms with Crippen LogP contribution in [0.15, 0.2) is 24.4 Å². The molecule has 1 aliphatic rings. The normalized spacial score (nSPS) is 21.5. The number of anilines is 1. The molecular formula is C14H20N4. The molecule has 2 aromatic heterocycles. The van der Waals surface area contributed by atoms with Crippen molar-refractivity contribution in [1.82, 2.24) is 14.3 Å². The van der Waals surface area contributed by atoms with Gasteiger partial charge in [0.25, 0.3) is 0 Å². The van der Waals surface area contributed by atoms with Crippen molar-refractivity contribution in [1.29, 1.82) is 0 Å². The van der Waals surface area contributed by atoms with Crippen LogP contribution in [0.3, 0.4) is 0 Å². The fourth-order valence-corrected chi connectivity index (χ4v) is 2.90. The van der Waals surface area contributed by atoms with Crippen LogP contribution in [0.25, 0.3) is 5.52 Å². The van der Waals surface area contributed by atoms with Crippen molar-refractivity contribution < 1.29 is 0 Å². The summed E-state index contributed by atoms with van der Waals surface area (Å²) in [7, 11) is 2.21. The van der Waals surface area contributed by atoms with E-state index in [1.165, 1.54) is 25.8 Å². The first-order chi connectivity index (χ1) is 8.75. The minimum atomic E-state index is 0.601. The zero-order valence-corrected chi connectivity index (χ0v) is 10.8. The van der Waals surface area contributed by atoms with Gasteiger partial charge in [-0.15, -0.1) is 0 Å². The molecule has 4 nitrogen and oxygen atoms in total. The predicted octanol–water partition coefficient (Wildman–Crippen LogP) is 1.94. The average Bonchev–Trinajstić information content (AvgIpc) is 2.77. The van der Waals surface area contributed by atoms with E-state index in [9.17, 15) is 0 Å². The second-order valence-electron chi connectivity index (χ2n) is 5.22. The first kappa shape index (κ1) is 11.5. The number of hydrogen-bond donors (Lipinski definition) is 1. The summed E-state index contributed by atoms with van der Waals surface area (Å²) in [6.45, 7) is 1.20. The first-order valence-corrected chi connectivity index (χ1v) is 6.67. The molecule has 96 valence electrons. The summed E-state index contributed by atoms with van der Waals surface area (Å²) in [6, 6.07) is 6.56. The van der Waals surface area contributed by atoms with Gasteiger partial charge in [0, 0.05) is 12.5 Å². The van der Waals surface area contributed by atoms with Gasteiger partial charge >= 0.3 is 0 Å². The maximum atomic E-state index is 6.05. The average molecular weight is 244 g/mol. The van der Waals surface area contributed by atoms with Crippen molar-refractivity contribution in [3.8, 4) is 0 Å². The van der Waals surface area contributed by atoms with Gasteiger partial charge in [-0.05, 0) is 38.6 Å². The number of pyridine rings is 1. The molecule has 0 radical (unpaired) electrons. The molecule has 2 aromatic rings. The summed E-state index contributed by atoms with van der Waals surface area (Å²) in [4.78, 5) is 6.99. The Bertz CT molecular complexity index is 546. The van der Waals surface area contributed by atoms with Crippen LogP contribution in [-0.2, 0) is 6.42 Å². The highest BCUT2D eigenvalue weighted by atomic mass is 15.1. The lowest BCUT2D eigenvalue weighted by Gasteiger charge is -2.32. The van der Waals surface area contributed by atoms with E-state index < -0.39 is 0 Å². The largest absolute Gasteiger partial charge is 0.385 e. The van der Waals surface area contributed by atoms with Crippen molar-refractivity contribution >= 4 is 11.3 Å². The minimum Gasteiger partial charge on any atom is -0.385 e. The van der Waals surface area contributed by atoms with Gasteiger partial charge in [0.2, 0.25) is 0 Å². The number of nitrogens with two attached hydrogens (primary N) is 1. The van der Waals surface area contributed by atoms with E-state index in [2.05, 4.69) is 27.4 Å². The Morgan fingerprint density at radius 3 is 3.11 bits per heavy atom. The molecule has 0 bridgehead atoms. The van der Waals surface area contributed by atoms with Crippen LogP contribution in [0, 0.1) is 0 Å². The van der Waals surface area contributed by atoms with Crippen molar-refractivity contribution in [3.05, 3.63) is 30.2 Å². The van der Waals surface area contributed by atoms with Gasteiger partial charge in [0.1, 0.15) is 11.6 Å². The standard InChI is InChI=1S/C14H20N4/c1-17-8-3-2-5-11(17)9-14-16-10-12-6-4-7-13(15)18(12)14/h4,6-7,10-11H,2-3,5,8-9,15H2,1H3. The summed E-state index contributed by atoms with van der Waals surface area (Å²) < 4.78 is 2.07. The van der Waals surface area contributed by atoms with Gasteiger partial charge in [-0.3, -0.25) is 4.40 Å². The number of hydrogen-bond acceptors (Lipinski definition) is 3. The number of likely N-dealkylation sites (tertiary alicyclic amines) is 1. The fraction of sp³-hybridized carbons (Fsp3) is 0.500. The quantitative estimate of drug-likeness (QED) is 0.878. The zero-order valence-electron chi connectivity index (χ0n) is 10.8. The van der Waals surface area contributed by atoms with Crippen molar-refractivity contribution in [2.45, 2.75) is 31.7 Å². The number of likely N-dealkylation sites (N-methyl/N-ethyl adjacent to an activating group) is 1. The molecule has 0 amide bonds. The Labute approximate surface area is 107 Å². The van der Waals surface area contributed by atoms with E-state index in [1.807, 2.05) is 18.3 Å². The van der Waals surface area contributed by atoms with E-state index in [1.54, 1.807) is 0 Å². The van der Waals surface area contributed by atoms with E-state index in [-0.39, 0.29) is 0 Å². The molecule has 1 atom stereocenters. The lowest BCUT2D eigenvalue weighted by atomic mass is 10.00. The third kappa shape index (κ3) is 1.97. The van der Waals surface area contributed by atoms with Gasteiger partial charge in [0.05, 0.1) is 11.7 Å².